The van der Waals surface area contributed by atoms with Crippen molar-refractivity contribution in [1.82, 2.24) is 5.32 Å². The van der Waals surface area contributed by atoms with Crippen LogP contribution in [0, 0.1) is 0 Å². The molecule has 0 aliphatic carbocycles. The van der Waals surface area contributed by atoms with Crippen LogP contribution in [0.1, 0.15) is 69.3 Å². The first kappa shape index (κ1) is 35.4. The molecule has 3 aromatic rings. The van der Waals surface area contributed by atoms with Crippen LogP contribution in [0.25, 0.3) is 10.8 Å². The van der Waals surface area contributed by atoms with E-state index in [1.54, 1.807) is 32.0 Å². The molecule has 3 rings (SSSR count). The molecule has 0 radical (unpaired) electrons. The lowest BCUT2D eigenvalue weighted by Crippen LogP contribution is -2.28. The Morgan fingerprint density at radius 3 is 2.35 bits per heavy atom. The number of ketones is 1. The quantitative estimate of drug-likeness (QED) is 0.0832. The monoisotopic (exact) mass is 611 g/mol. The van der Waals surface area contributed by atoms with Crippen LogP contribution in [0.5, 0.6) is 11.5 Å². The zero-order valence-electron chi connectivity index (χ0n) is 25.8. The summed E-state index contributed by atoms with van der Waals surface area (Å²) in [6.45, 7) is 9.60. The van der Waals surface area contributed by atoms with Gasteiger partial charge in [0.05, 0.1) is 19.3 Å². The van der Waals surface area contributed by atoms with E-state index in [2.05, 4.69) is 5.32 Å². The summed E-state index contributed by atoms with van der Waals surface area (Å²) < 4.78 is 22.2. The molecule has 1 N–H and O–H groups in total. The smallest absolute Gasteiger partial charge is 0.335 e. The van der Waals surface area contributed by atoms with E-state index in [1.165, 1.54) is 7.11 Å². The average molecular weight is 612 g/mol. The number of methoxy groups -OCH3 is 1. The first-order valence-electron chi connectivity index (χ1n) is 14.5. The highest BCUT2D eigenvalue weighted by Gasteiger charge is 2.23. The van der Waals surface area contributed by atoms with Crippen molar-refractivity contribution < 1.29 is 37.7 Å². The number of benzene rings is 3. The number of Topliss-reactive ketones (excluding diaryl/α,β-unsaturated/α-hetero) is 1. The predicted octanol–water partition coefficient (Wildman–Crippen LogP) is 6.62. The maximum atomic E-state index is 13.2. The maximum absolute atomic E-state index is 13.2. The molecule has 9 nitrogen and oxygen atoms in total. The Hall–Kier alpha value is -3.81. The van der Waals surface area contributed by atoms with Crippen LogP contribution < -0.4 is 14.6 Å². The second-order valence-electron chi connectivity index (χ2n) is 9.28. The number of nitrogens with one attached hydrogen (secondary N) is 1. The average Bonchev–Trinajstić information content (AvgIpc) is 3.03. The second-order valence-corrected chi connectivity index (χ2v) is 10.8. The molecule has 0 spiro atoms. The Labute approximate surface area is 255 Å². The maximum Gasteiger partial charge on any atom is 0.335 e. The van der Waals surface area contributed by atoms with E-state index in [-0.39, 0.29) is 43.6 Å². The summed E-state index contributed by atoms with van der Waals surface area (Å²) in [5.41, 5.74) is 1.26. The van der Waals surface area contributed by atoms with Gasteiger partial charge in [-0.15, -0.1) is 0 Å². The topological polar surface area (TPSA) is 117 Å². The molecule has 0 fully saturated rings. The van der Waals surface area contributed by atoms with Crippen molar-refractivity contribution in [2.75, 3.05) is 26.4 Å². The number of esters is 1. The van der Waals surface area contributed by atoms with Crippen LogP contribution >= 0.6 is 8.38 Å². The third-order valence-corrected chi connectivity index (χ3v) is 7.83. The molecule has 0 heterocycles. The SMILES string of the molecule is CC.CCOC(=O)[C@@H](C)OP(CCNC(=O)CCC(=O)c1c(OC)ccc2cc([C@@H](C)C=O)ccc12)Oc1ccccc1. The van der Waals surface area contributed by atoms with Crippen LogP contribution in [0.15, 0.2) is 60.7 Å². The molecule has 3 aromatic carbocycles. The molecule has 232 valence electrons. The summed E-state index contributed by atoms with van der Waals surface area (Å²) in [5, 5.41) is 4.33. The van der Waals surface area contributed by atoms with Gasteiger partial charge in [0.2, 0.25) is 14.3 Å². The number of hydrogen-bond acceptors (Lipinski definition) is 8. The van der Waals surface area contributed by atoms with Crippen molar-refractivity contribution in [3.05, 3.63) is 71.8 Å². The van der Waals surface area contributed by atoms with Crippen molar-refractivity contribution in [1.29, 1.82) is 0 Å². The summed E-state index contributed by atoms with van der Waals surface area (Å²) in [4.78, 5) is 49.1. The summed E-state index contributed by atoms with van der Waals surface area (Å²) in [6.07, 6.45) is 0.341. The fourth-order valence-corrected chi connectivity index (χ4v) is 5.40. The number of carbonyl (C=O) groups is 4. The van der Waals surface area contributed by atoms with Crippen molar-refractivity contribution in [3.8, 4) is 11.5 Å². The highest BCUT2D eigenvalue weighted by atomic mass is 31.2. The normalized spacial score (nSPS) is 12.6. The van der Waals surface area contributed by atoms with Gasteiger partial charge in [0.1, 0.15) is 17.8 Å². The second kappa shape index (κ2) is 18.7. The number of ether oxygens (including phenoxy) is 2. The van der Waals surface area contributed by atoms with Crippen LogP contribution in [0.4, 0.5) is 0 Å². The standard InChI is InChI=1S/C31H36NO8P.C2H6/c1-5-38-31(36)22(3)39-41(40-25-9-7-6-8-10-25)18-17-32-29(35)16-14-27(34)30-26-13-11-23(21(2)20-33)19-24(26)12-15-28(30)37-4;1-2/h6-13,15,19-22H,5,14,16-18H2,1-4H3,(H,32,35);1-2H3/t21-,22+,41?;/m0./s1. The van der Waals surface area contributed by atoms with Crippen molar-refractivity contribution >= 4 is 43.1 Å². The summed E-state index contributed by atoms with van der Waals surface area (Å²) in [5.74, 6) is -0.258. The highest BCUT2D eigenvalue weighted by Crippen LogP contribution is 2.40. The van der Waals surface area contributed by atoms with Gasteiger partial charge in [-0.05, 0) is 48.4 Å². The van der Waals surface area contributed by atoms with E-state index in [1.807, 2.05) is 63.2 Å². The lowest BCUT2D eigenvalue weighted by Gasteiger charge is -2.21. The van der Waals surface area contributed by atoms with E-state index in [4.69, 9.17) is 18.5 Å². The molecule has 1 unspecified atom stereocenters. The van der Waals surface area contributed by atoms with E-state index in [9.17, 15) is 19.2 Å². The van der Waals surface area contributed by atoms with Gasteiger partial charge in [0.25, 0.3) is 0 Å². The van der Waals surface area contributed by atoms with Gasteiger partial charge in [-0.2, -0.15) is 0 Å². The van der Waals surface area contributed by atoms with Gasteiger partial charge in [-0.1, -0.05) is 63.2 Å². The first-order valence-corrected chi connectivity index (χ1v) is 15.8. The summed E-state index contributed by atoms with van der Waals surface area (Å²) in [7, 11) is -0.0702. The molecule has 0 aromatic heterocycles. The van der Waals surface area contributed by atoms with Crippen LogP contribution in [0.2, 0.25) is 0 Å². The lowest BCUT2D eigenvalue weighted by atomic mass is 9.93. The molecule has 0 bridgehead atoms. The molecule has 0 aliphatic heterocycles. The third kappa shape index (κ3) is 10.8. The van der Waals surface area contributed by atoms with Crippen molar-refractivity contribution in [2.24, 2.45) is 0 Å². The number of amides is 1. The van der Waals surface area contributed by atoms with Crippen LogP contribution in [0.3, 0.4) is 0 Å². The lowest BCUT2D eigenvalue weighted by molar-refractivity contribution is -0.150. The van der Waals surface area contributed by atoms with E-state index in [0.717, 1.165) is 17.2 Å². The zero-order valence-corrected chi connectivity index (χ0v) is 26.6. The number of aldehydes is 1. The number of carbonyl (C=O) groups excluding carboxylic acids is 4. The minimum Gasteiger partial charge on any atom is -0.496 e. The Balaban J connectivity index is 0.00000316. The molecule has 1 amide bonds. The molecule has 0 saturated carbocycles. The predicted molar refractivity (Wildman–Crippen MR) is 169 cm³/mol. The Morgan fingerprint density at radius 2 is 1.70 bits per heavy atom. The minimum atomic E-state index is -1.56. The van der Waals surface area contributed by atoms with Crippen LogP contribution in [-0.2, 0) is 23.6 Å². The highest BCUT2D eigenvalue weighted by molar-refractivity contribution is 7.47. The van der Waals surface area contributed by atoms with Gasteiger partial charge >= 0.3 is 5.97 Å². The fraction of sp³-hybridized carbons (Fsp3) is 0.394. The Kier molecular flexibility index (Phi) is 15.4. The third-order valence-electron chi connectivity index (χ3n) is 6.27. The largest absolute Gasteiger partial charge is 0.496 e. The van der Waals surface area contributed by atoms with E-state index in [0.29, 0.717) is 28.6 Å². The number of fused-ring (bicyclic) bond motifs is 1. The summed E-state index contributed by atoms with van der Waals surface area (Å²) in [6, 6.07) is 18.2. The molecule has 10 heteroatoms. The fourth-order valence-electron chi connectivity index (χ4n) is 4.07. The number of para-hydroxylation sites is 1. The summed E-state index contributed by atoms with van der Waals surface area (Å²) >= 11 is 0. The van der Waals surface area contributed by atoms with Crippen molar-refractivity contribution in [3.63, 3.8) is 0 Å². The molecule has 43 heavy (non-hydrogen) atoms. The number of hydrogen-bond donors (Lipinski definition) is 1. The van der Waals surface area contributed by atoms with Gasteiger partial charge in [0, 0.05) is 31.5 Å². The van der Waals surface area contributed by atoms with Gasteiger partial charge in [0.15, 0.2) is 11.9 Å². The molecule has 0 aliphatic rings. The van der Waals surface area contributed by atoms with E-state index >= 15 is 0 Å². The van der Waals surface area contributed by atoms with Gasteiger partial charge < -0.3 is 28.6 Å². The first-order chi connectivity index (χ1) is 20.8. The van der Waals surface area contributed by atoms with Crippen molar-refractivity contribution in [2.45, 2.75) is 59.5 Å². The van der Waals surface area contributed by atoms with E-state index < -0.39 is 20.4 Å². The molecular formula is C33H42NO8P. The zero-order chi connectivity index (χ0) is 31.8. The molecule has 0 saturated heterocycles. The van der Waals surface area contributed by atoms with Gasteiger partial charge in [-0.3, -0.25) is 9.59 Å². The Bertz CT molecular complexity index is 1350. The van der Waals surface area contributed by atoms with Gasteiger partial charge in [-0.25, -0.2) is 4.79 Å². The van der Waals surface area contributed by atoms with Crippen LogP contribution in [-0.4, -0.2) is 56.5 Å². The molecule has 3 atom stereocenters. The number of rotatable bonds is 16. The minimum absolute atomic E-state index is 0.0144. The molecular weight excluding hydrogens is 569 g/mol. The Morgan fingerprint density at radius 1 is 0.977 bits per heavy atom.